The quantitative estimate of drug-likeness (QED) is 0.690. The molecule has 2 aromatic carbocycles. The van der Waals surface area contributed by atoms with Crippen LogP contribution in [0.15, 0.2) is 39.7 Å². The lowest BCUT2D eigenvalue weighted by atomic mass is 10.1. The fourth-order valence-electron chi connectivity index (χ4n) is 2.70. The maximum absolute atomic E-state index is 12.7. The van der Waals surface area contributed by atoms with Crippen molar-refractivity contribution in [1.82, 2.24) is 4.72 Å². The van der Waals surface area contributed by atoms with Crippen molar-refractivity contribution in [2.45, 2.75) is 38.6 Å². The molecule has 0 aliphatic rings. The molecular formula is C19H23BrN2O4S. The summed E-state index contributed by atoms with van der Waals surface area (Å²) in [5.41, 5.74) is 2.72. The molecule has 0 aliphatic carbocycles. The van der Waals surface area contributed by atoms with E-state index in [1.807, 2.05) is 26.0 Å². The minimum atomic E-state index is -3.81. The Bertz CT molecular complexity index is 949. The third kappa shape index (κ3) is 5.09. The van der Waals surface area contributed by atoms with Crippen molar-refractivity contribution in [1.29, 1.82) is 0 Å². The first-order valence-corrected chi connectivity index (χ1v) is 10.6. The van der Waals surface area contributed by atoms with Gasteiger partial charge >= 0.3 is 0 Å². The highest BCUT2D eigenvalue weighted by Gasteiger charge is 2.23. The van der Waals surface area contributed by atoms with E-state index in [1.54, 1.807) is 13.8 Å². The highest BCUT2D eigenvalue weighted by Crippen LogP contribution is 2.28. The molecule has 8 heteroatoms. The van der Waals surface area contributed by atoms with Crippen LogP contribution in [-0.2, 0) is 10.0 Å². The van der Waals surface area contributed by atoms with E-state index in [1.165, 1.54) is 25.3 Å². The minimum absolute atomic E-state index is 0.0735. The predicted molar refractivity (Wildman–Crippen MR) is 110 cm³/mol. The average molecular weight is 455 g/mol. The third-order valence-corrected chi connectivity index (χ3v) is 5.98. The van der Waals surface area contributed by atoms with Crippen LogP contribution >= 0.6 is 15.9 Å². The average Bonchev–Trinajstić information content (AvgIpc) is 2.56. The van der Waals surface area contributed by atoms with Gasteiger partial charge in [-0.3, -0.25) is 4.79 Å². The van der Waals surface area contributed by atoms with Crippen LogP contribution in [0.25, 0.3) is 0 Å². The molecule has 0 saturated carbocycles. The molecule has 0 bridgehead atoms. The number of aryl methyl sites for hydroxylation is 2. The van der Waals surface area contributed by atoms with Crippen LogP contribution < -0.4 is 14.8 Å². The highest BCUT2D eigenvalue weighted by atomic mass is 79.9. The molecule has 0 atom stereocenters. The summed E-state index contributed by atoms with van der Waals surface area (Å²) in [5, 5.41) is 2.86. The van der Waals surface area contributed by atoms with Crippen LogP contribution in [-0.4, -0.2) is 27.5 Å². The molecule has 146 valence electrons. The Hall–Kier alpha value is -1.90. The Kier molecular flexibility index (Phi) is 6.67. The number of methoxy groups -OCH3 is 1. The van der Waals surface area contributed by atoms with Gasteiger partial charge in [-0.05, 0) is 69.2 Å². The van der Waals surface area contributed by atoms with Crippen LogP contribution in [0.5, 0.6) is 5.75 Å². The zero-order valence-electron chi connectivity index (χ0n) is 15.9. The summed E-state index contributed by atoms with van der Waals surface area (Å²) in [6.07, 6.45) is 0. The number of hydrogen-bond donors (Lipinski definition) is 2. The summed E-state index contributed by atoms with van der Waals surface area (Å²) in [5.74, 6) is -0.220. The minimum Gasteiger partial charge on any atom is -0.495 e. The predicted octanol–water partition coefficient (Wildman–Crippen LogP) is 4.01. The zero-order chi connectivity index (χ0) is 20.4. The van der Waals surface area contributed by atoms with Crippen molar-refractivity contribution in [3.63, 3.8) is 0 Å². The molecule has 0 aliphatic heterocycles. The lowest BCUT2D eigenvalue weighted by Crippen LogP contribution is -2.30. The SMILES string of the molecule is COc1ccc(C(=O)Nc2c(C)cc(Br)cc2C)cc1S(=O)(=O)NC(C)C. The van der Waals surface area contributed by atoms with Crippen molar-refractivity contribution in [2.24, 2.45) is 0 Å². The number of carbonyl (C=O) groups excluding carboxylic acids is 1. The monoisotopic (exact) mass is 454 g/mol. The number of hydrogen-bond acceptors (Lipinski definition) is 4. The maximum Gasteiger partial charge on any atom is 0.255 e. The summed E-state index contributed by atoms with van der Waals surface area (Å²) in [6.45, 7) is 7.23. The van der Waals surface area contributed by atoms with Gasteiger partial charge in [-0.1, -0.05) is 15.9 Å². The lowest BCUT2D eigenvalue weighted by Gasteiger charge is -2.15. The second kappa shape index (κ2) is 8.41. The Labute approximate surface area is 168 Å². The molecular weight excluding hydrogens is 432 g/mol. The Morgan fingerprint density at radius 1 is 1.11 bits per heavy atom. The van der Waals surface area contributed by atoms with Crippen LogP contribution in [0.3, 0.4) is 0 Å². The Balaban J connectivity index is 2.42. The maximum atomic E-state index is 12.7. The number of nitrogens with one attached hydrogen (secondary N) is 2. The largest absolute Gasteiger partial charge is 0.495 e. The molecule has 0 spiro atoms. The summed E-state index contributed by atoms with van der Waals surface area (Å²) in [6, 6.07) is 7.85. The number of halogens is 1. The number of anilines is 1. The number of ether oxygens (including phenoxy) is 1. The summed E-state index contributed by atoms with van der Waals surface area (Å²) in [7, 11) is -2.43. The van der Waals surface area contributed by atoms with Gasteiger partial charge in [-0.15, -0.1) is 0 Å². The smallest absolute Gasteiger partial charge is 0.255 e. The Morgan fingerprint density at radius 2 is 1.70 bits per heavy atom. The molecule has 2 N–H and O–H groups in total. The van der Waals surface area contributed by atoms with Gasteiger partial charge in [-0.2, -0.15) is 0 Å². The molecule has 2 rings (SSSR count). The van der Waals surface area contributed by atoms with Gasteiger partial charge < -0.3 is 10.1 Å². The van der Waals surface area contributed by atoms with Crippen molar-refractivity contribution in [2.75, 3.05) is 12.4 Å². The van der Waals surface area contributed by atoms with E-state index in [2.05, 4.69) is 26.0 Å². The van der Waals surface area contributed by atoms with E-state index in [0.29, 0.717) is 5.69 Å². The molecule has 0 saturated heterocycles. The van der Waals surface area contributed by atoms with Crippen LogP contribution in [0.1, 0.15) is 35.3 Å². The Morgan fingerprint density at radius 3 is 2.22 bits per heavy atom. The molecule has 6 nitrogen and oxygen atoms in total. The van der Waals surface area contributed by atoms with Crippen LogP contribution in [0, 0.1) is 13.8 Å². The van der Waals surface area contributed by atoms with E-state index in [4.69, 9.17) is 4.74 Å². The number of sulfonamides is 1. The second-order valence-electron chi connectivity index (χ2n) is 6.51. The zero-order valence-corrected chi connectivity index (χ0v) is 18.3. The fraction of sp³-hybridized carbons (Fsp3) is 0.316. The molecule has 0 fully saturated rings. The van der Waals surface area contributed by atoms with Gasteiger partial charge in [0.2, 0.25) is 10.0 Å². The van der Waals surface area contributed by atoms with Crippen LogP contribution in [0.4, 0.5) is 5.69 Å². The van der Waals surface area contributed by atoms with E-state index < -0.39 is 15.9 Å². The molecule has 0 aromatic heterocycles. The molecule has 0 heterocycles. The normalized spacial score (nSPS) is 11.5. The lowest BCUT2D eigenvalue weighted by molar-refractivity contribution is 0.102. The number of benzene rings is 2. The van der Waals surface area contributed by atoms with Gasteiger partial charge in [0.15, 0.2) is 0 Å². The molecule has 2 aromatic rings. The molecule has 27 heavy (non-hydrogen) atoms. The first-order valence-electron chi connectivity index (χ1n) is 8.33. The van der Waals surface area contributed by atoms with Crippen molar-refractivity contribution < 1.29 is 17.9 Å². The molecule has 0 unspecified atom stereocenters. The highest BCUT2D eigenvalue weighted by molar-refractivity contribution is 9.10. The van der Waals surface area contributed by atoms with Gasteiger partial charge in [0.05, 0.1) is 7.11 Å². The standard InChI is InChI=1S/C19H23BrN2O4S/c1-11(2)22-27(24,25)17-10-14(6-7-16(17)26-5)19(23)21-18-12(3)8-15(20)9-13(18)4/h6-11,22H,1-5H3,(H,21,23). The number of amides is 1. The van der Waals surface area contributed by atoms with E-state index in [0.717, 1.165) is 15.6 Å². The topological polar surface area (TPSA) is 84.5 Å². The van der Waals surface area contributed by atoms with E-state index >= 15 is 0 Å². The third-order valence-electron chi connectivity index (χ3n) is 3.84. The first kappa shape index (κ1) is 21.4. The van der Waals surface area contributed by atoms with Crippen molar-refractivity contribution in [3.05, 3.63) is 51.5 Å². The van der Waals surface area contributed by atoms with Crippen LogP contribution in [0.2, 0.25) is 0 Å². The van der Waals surface area contributed by atoms with E-state index in [-0.39, 0.29) is 22.3 Å². The fourth-order valence-corrected chi connectivity index (χ4v) is 4.83. The van der Waals surface area contributed by atoms with Gasteiger partial charge in [0.25, 0.3) is 5.91 Å². The van der Waals surface area contributed by atoms with Gasteiger partial charge in [0.1, 0.15) is 10.6 Å². The molecule has 1 amide bonds. The summed E-state index contributed by atoms with van der Waals surface area (Å²) >= 11 is 3.42. The first-order chi connectivity index (χ1) is 12.5. The molecule has 0 radical (unpaired) electrons. The van der Waals surface area contributed by atoms with Gasteiger partial charge in [-0.25, -0.2) is 13.1 Å². The number of carbonyl (C=O) groups is 1. The second-order valence-corrected chi connectivity index (χ2v) is 9.11. The summed E-state index contributed by atoms with van der Waals surface area (Å²) in [4.78, 5) is 12.7. The van der Waals surface area contributed by atoms with Crippen molar-refractivity contribution >= 4 is 37.5 Å². The number of rotatable bonds is 6. The van der Waals surface area contributed by atoms with E-state index in [9.17, 15) is 13.2 Å². The summed E-state index contributed by atoms with van der Waals surface area (Å²) < 4.78 is 33.7. The van der Waals surface area contributed by atoms with Crippen molar-refractivity contribution in [3.8, 4) is 5.75 Å². The van der Waals surface area contributed by atoms with Gasteiger partial charge in [0, 0.05) is 21.8 Å².